The van der Waals surface area contributed by atoms with E-state index in [1.807, 2.05) is 19.9 Å². The Morgan fingerprint density at radius 1 is 1.25 bits per heavy atom. The zero-order chi connectivity index (χ0) is 14.9. The van der Waals surface area contributed by atoms with Gasteiger partial charge in [-0.3, -0.25) is 10.1 Å². The number of aromatic nitrogens is 2. The standard InChI is InChI=1S/C13H12ClN3O3/c1-7-5-4-6-10(8(7)2)20-12-11(17(18)19)9(3)15-13(14)16-12/h4-6H,1-3H3. The molecule has 104 valence electrons. The minimum atomic E-state index is -0.577. The highest BCUT2D eigenvalue weighted by atomic mass is 35.5. The minimum absolute atomic E-state index is 0.0894. The molecule has 0 saturated carbocycles. The van der Waals surface area contributed by atoms with Crippen LogP contribution < -0.4 is 4.74 Å². The maximum absolute atomic E-state index is 11.1. The first-order valence-electron chi connectivity index (χ1n) is 5.82. The second-order valence-electron chi connectivity index (χ2n) is 4.29. The molecule has 7 heteroatoms. The zero-order valence-corrected chi connectivity index (χ0v) is 11.9. The third kappa shape index (κ3) is 2.70. The summed E-state index contributed by atoms with van der Waals surface area (Å²) in [7, 11) is 0. The van der Waals surface area contributed by atoms with E-state index in [0.717, 1.165) is 11.1 Å². The van der Waals surface area contributed by atoms with Gasteiger partial charge in [-0.25, -0.2) is 4.98 Å². The van der Waals surface area contributed by atoms with Crippen molar-refractivity contribution < 1.29 is 9.66 Å². The van der Waals surface area contributed by atoms with E-state index in [1.165, 1.54) is 6.92 Å². The highest BCUT2D eigenvalue weighted by molar-refractivity contribution is 6.28. The fourth-order valence-electron chi connectivity index (χ4n) is 1.73. The van der Waals surface area contributed by atoms with E-state index < -0.39 is 4.92 Å². The number of hydrogen-bond donors (Lipinski definition) is 0. The van der Waals surface area contributed by atoms with E-state index >= 15 is 0 Å². The van der Waals surface area contributed by atoms with Crippen molar-refractivity contribution >= 4 is 17.3 Å². The van der Waals surface area contributed by atoms with Crippen LogP contribution in [0.2, 0.25) is 5.28 Å². The quantitative estimate of drug-likeness (QED) is 0.489. The number of ether oxygens (including phenoxy) is 1. The Morgan fingerprint density at radius 3 is 2.60 bits per heavy atom. The van der Waals surface area contributed by atoms with E-state index in [9.17, 15) is 10.1 Å². The predicted octanol–water partition coefficient (Wildman–Crippen LogP) is 3.76. The van der Waals surface area contributed by atoms with Crippen molar-refractivity contribution in [3.05, 3.63) is 50.4 Å². The van der Waals surface area contributed by atoms with Crippen LogP contribution in [0.3, 0.4) is 0 Å². The van der Waals surface area contributed by atoms with Gasteiger partial charge >= 0.3 is 11.6 Å². The van der Waals surface area contributed by atoms with E-state index in [-0.39, 0.29) is 22.5 Å². The lowest BCUT2D eigenvalue weighted by atomic mass is 10.1. The number of rotatable bonds is 3. The van der Waals surface area contributed by atoms with Gasteiger partial charge in [-0.15, -0.1) is 0 Å². The summed E-state index contributed by atoms with van der Waals surface area (Å²) < 4.78 is 5.57. The van der Waals surface area contributed by atoms with Crippen LogP contribution in [0.4, 0.5) is 5.69 Å². The molecule has 0 unspecified atom stereocenters. The largest absolute Gasteiger partial charge is 0.433 e. The first kappa shape index (κ1) is 14.2. The SMILES string of the molecule is Cc1cccc(Oc2nc(Cl)nc(C)c2[N+](=O)[O-])c1C. The van der Waals surface area contributed by atoms with Crippen molar-refractivity contribution in [1.82, 2.24) is 9.97 Å². The van der Waals surface area contributed by atoms with E-state index in [0.29, 0.717) is 5.75 Å². The summed E-state index contributed by atoms with van der Waals surface area (Å²) in [6, 6.07) is 5.45. The molecule has 2 aromatic rings. The first-order valence-corrected chi connectivity index (χ1v) is 6.20. The molecule has 0 saturated heterocycles. The molecule has 0 fully saturated rings. The molecule has 0 atom stereocenters. The number of benzene rings is 1. The Labute approximate surface area is 120 Å². The summed E-state index contributed by atoms with van der Waals surface area (Å²) >= 11 is 5.74. The number of halogens is 1. The summed E-state index contributed by atoms with van der Waals surface area (Å²) in [6.45, 7) is 5.28. The number of nitro groups is 1. The van der Waals surface area contributed by atoms with Gasteiger partial charge in [0.25, 0.3) is 0 Å². The molecule has 0 N–H and O–H groups in total. The van der Waals surface area contributed by atoms with Crippen LogP contribution in [-0.2, 0) is 0 Å². The lowest BCUT2D eigenvalue weighted by Gasteiger charge is -2.10. The molecule has 6 nitrogen and oxygen atoms in total. The third-order valence-electron chi connectivity index (χ3n) is 2.94. The first-order chi connectivity index (χ1) is 9.40. The summed E-state index contributed by atoms with van der Waals surface area (Å²) in [5.41, 5.74) is 1.78. The minimum Gasteiger partial charge on any atom is -0.433 e. The van der Waals surface area contributed by atoms with Crippen molar-refractivity contribution in [3.8, 4) is 11.6 Å². The van der Waals surface area contributed by atoms with Gasteiger partial charge in [0, 0.05) is 0 Å². The van der Waals surface area contributed by atoms with Crippen LogP contribution in [-0.4, -0.2) is 14.9 Å². The van der Waals surface area contributed by atoms with Gasteiger partial charge in [0.1, 0.15) is 11.4 Å². The van der Waals surface area contributed by atoms with Gasteiger partial charge in [-0.05, 0) is 49.6 Å². The molecule has 0 aliphatic carbocycles. The fourth-order valence-corrected chi connectivity index (χ4v) is 1.93. The molecule has 0 bridgehead atoms. The summed E-state index contributed by atoms with van der Waals surface area (Å²) in [5, 5.41) is 11.0. The highest BCUT2D eigenvalue weighted by Gasteiger charge is 2.24. The van der Waals surface area contributed by atoms with E-state index in [2.05, 4.69) is 9.97 Å². The second kappa shape index (κ2) is 5.42. The smallest absolute Gasteiger partial charge is 0.352 e. The fraction of sp³-hybridized carbons (Fsp3) is 0.231. The molecular formula is C13H12ClN3O3. The van der Waals surface area contributed by atoms with Crippen LogP contribution in [0.5, 0.6) is 11.6 Å². The molecule has 0 radical (unpaired) electrons. The van der Waals surface area contributed by atoms with Crippen LogP contribution in [0.25, 0.3) is 0 Å². The summed E-state index contributed by atoms with van der Waals surface area (Å²) in [6.07, 6.45) is 0. The summed E-state index contributed by atoms with van der Waals surface area (Å²) in [4.78, 5) is 18.1. The maximum atomic E-state index is 11.1. The predicted molar refractivity (Wildman–Crippen MR) is 74.4 cm³/mol. The van der Waals surface area contributed by atoms with E-state index in [4.69, 9.17) is 16.3 Å². The Morgan fingerprint density at radius 2 is 1.95 bits per heavy atom. The second-order valence-corrected chi connectivity index (χ2v) is 4.63. The average Bonchev–Trinajstić information content (AvgIpc) is 2.33. The van der Waals surface area contributed by atoms with Crippen LogP contribution >= 0.6 is 11.6 Å². The third-order valence-corrected chi connectivity index (χ3v) is 3.11. The average molecular weight is 294 g/mol. The lowest BCUT2D eigenvalue weighted by Crippen LogP contribution is -2.02. The highest BCUT2D eigenvalue weighted by Crippen LogP contribution is 2.34. The van der Waals surface area contributed by atoms with Gasteiger partial charge in [0.2, 0.25) is 5.28 Å². The molecule has 1 aromatic carbocycles. The molecule has 0 spiro atoms. The van der Waals surface area contributed by atoms with Crippen molar-refractivity contribution in [2.24, 2.45) is 0 Å². The lowest BCUT2D eigenvalue weighted by molar-refractivity contribution is -0.386. The van der Waals surface area contributed by atoms with Crippen LogP contribution in [0.1, 0.15) is 16.8 Å². The molecule has 1 aromatic heterocycles. The van der Waals surface area contributed by atoms with Crippen molar-refractivity contribution in [2.45, 2.75) is 20.8 Å². The van der Waals surface area contributed by atoms with Gasteiger partial charge in [-0.1, -0.05) is 12.1 Å². The summed E-state index contributed by atoms with van der Waals surface area (Å²) in [5.74, 6) is 0.350. The molecule has 20 heavy (non-hydrogen) atoms. The molecule has 0 aliphatic heterocycles. The molecule has 0 aliphatic rings. The normalized spacial score (nSPS) is 10.4. The zero-order valence-electron chi connectivity index (χ0n) is 11.2. The molecule has 0 amide bonds. The number of aryl methyl sites for hydroxylation is 2. The Balaban J connectivity index is 2.53. The van der Waals surface area contributed by atoms with Crippen LogP contribution in [0, 0.1) is 30.9 Å². The molecular weight excluding hydrogens is 282 g/mol. The molecule has 1 heterocycles. The maximum Gasteiger partial charge on any atom is 0.352 e. The number of nitrogens with zero attached hydrogens (tertiary/aromatic N) is 3. The topological polar surface area (TPSA) is 78.2 Å². The Bertz CT molecular complexity index is 689. The molecule has 2 rings (SSSR count). The van der Waals surface area contributed by atoms with Crippen LogP contribution in [0.15, 0.2) is 18.2 Å². The Kier molecular flexibility index (Phi) is 3.85. The van der Waals surface area contributed by atoms with Gasteiger partial charge in [-0.2, -0.15) is 4.98 Å². The van der Waals surface area contributed by atoms with Gasteiger partial charge in [0.15, 0.2) is 0 Å². The van der Waals surface area contributed by atoms with Gasteiger partial charge < -0.3 is 4.74 Å². The van der Waals surface area contributed by atoms with Crippen molar-refractivity contribution in [3.63, 3.8) is 0 Å². The van der Waals surface area contributed by atoms with Crippen molar-refractivity contribution in [1.29, 1.82) is 0 Å². The monoisotopic (exact) mass is 293 g/mol. The Hall–Kier alpha value is -2.21. The van der Waals surface area contributed by atoms with E-state index in [1.54, 1.807) is 12.1 Å². The van der Waals surface area contributed by atoms with Crippen molar-refractivity contribution in [2.75, 3.05) is 0 Å². The van der Waals surface area contributed by atoms with Gasteiger partial charge in [0.05, 0.1) is 4.92 Å². The number of hydrogen-bond acceptors (Lipinski definition) is 5.